The fraction of sp³-hybridized carbons (Fsp3) is 0.833. The maximum atomic E-state index is 12.8. The third-order valence-electron chi connectivity index (χ3n) is 6.07. The molecule has 0 aromatic heterocycles. The zero-order valence-electron chi connectivity index (χ0n) is 15.3. The van der Waals surface area contributed by atoms with E-state index in [-0.39, 0.29) is 24.4 Å². The maximum absolute atomic E-state index is 12.8. The number of nitrogens with one attached hydrogen (secondary N) is 3. The highest BCUT2D eigenvalue weighted by molar-refractivity contribution is 6.09. The van der Waals surface area contributed by atoms with Crippen LogP contribution in [0.1, 0.15) is 58.8 Å². The summed E-state index contributed by atoms with van der Waals surface area (Å²) < 4.78 is 0. The van der Waals surface area contributed by atoms with Crippen LogP contribution in [-0.2, 0) is 9.59 Å². The molecule has 0 bridgehead atoms. The molecular formula is C18H30N4O3. The molecule has 3 fully saturated rings. The summed E-state index contributed by atoms with van der Waals surface area (Å²) in [5, 5.41) is 9.19. The molecule has 140 valence electrons. The highest BCUT2D eigenvalue weighted by Gasteiger charge is 2.52. The van der Waals surface area contributed by atoms with E-state index >= 15 is 0 Å². The van der Waals surface area contributed by atoms with E-state index in [0.29, 0.717) is 24.8 Å². The number of nitrogens with zero attached hydrogens (tertiary/aromatic N) is 1. The van der Waals surface area contributed by atoms with Gasteiger partial charge in [0.25, 0.3) is 5.91 Å². The summed E-state index contributed by atoms with van der Waals surface area (Å²) in [6, 6.07) is 0.0556. The van der Waals surface area contributed by atoms with E-state index in [0.717, 1.165) is 43.5 Å². The van der Waals surface area contributed by atoms with Crippen molar-refractivity contribution in [2.45, 2.75) is 76.4 Å². The number of amides is 4. The lowest BCUT2D eigenvalue weighted by molar-refractivity contribution is -0.136. The minimum Gasteiger partial charge on any atom is -0.352 e. The summed E-state index contributed by atoms with van der Waals surface area (Å²) in [7, 11) is 0. The summed E-state index contributed by atoms with van der Waals surface area (Å²) in [6.45, 7) is 4.95. The molecule has 0 aromatic rings. The molecule has 1 saturated carbocycles. The fourth-order valence-electron chi connectivity index (χ4n) is 4.42. The summed E-state index contributed by atoms with van der Waals surface area (Å²) in [4.78, 5) is 38.5. The number of carbonyl (C=O) groups excluding carboxylic acids is 3. The second-order valence-electron chi connectivity index (χ2n) is 7.90. The van der Waals surface area contributed by atoms with Gasteiger partial charge in [0.1, 0.15) is 12.1 Å². The Morgan fingerprint density at radius 3 is 2.64 bits per heavy atom. The van der Waals surface area contributed by atoms with Crippen LogP contribution in [0.3, 0.4) is 0 Å². The quantitative estimate of drug-likeness (QED) is 0.663. The molecule has 1 aliphatic carbocycles. The SMILES string of the molecule is CCC1CCC2(CC1)NC(=O)N(CC(=O)NC1CCNC(C)C1)C2=O. The first-order valence-electron chi connectivity index (χ1n) is 9.60. The minimum absolute atomic E-state index is 0.110. The van der Waals surface area contributed by atoms with Crippen molar-refractivity contribution < 1.29 is 14.4 Å². The van der Waals surface area contributed by atoms with Gasteiger partial charge in [0, 0.05) is 12.1 Å². The van der Waals surface area contributed by atoms with Gasteiger partial charge in [0.2, 0.25) is 5.91 Å². The number of carbonyl (C=O) groups is 3. The van der Waals surface area contributed by atoms with Gasteiger partial charge < -0.3 is 16.0 Å². The molecule has 4 amide bonds. The van der Waals surface area contributed by atoms with Gasteiger partial charge >= 0.3 is 6.03 Å². The molecule has 7 heteroatoms. The third-order valence-corrected chi connectivity index (χ3v) is 6.07. The van der Waals surface area contributed by atoms with Crippen LogP contribution >= 0.6 is 0 Å². The lowest BCUT2D eigenvalue weighted by Crippen LogP contribution is -2.51. The minimum atomic E-state index is -0.772. The molecule has 2 saturated heterocycles. The smallest absolute Gasteiger partial charge is 0.325 e. The van der Waals surface area contributed by atoms with Gasteiger partial charge in [0.05, 0.1) is 0 Å². The average Bonchev–Trinajstić information content (AvgIpc) is 2.80. The van der Waals surface area contributed by atoms with Gasteiger partial charge in [-0.25, -0.2) is 4.79 Å². The van der Waals surface area contributed by atoms with E-state index in [1.54, 1.807) is 0 Å². The highest BCUT2D eigenvalue weighted by Crippen LogP contribution is 2.37. The molecule has 0 radical (unpaired) electrons. The van der Waals surface area contributed by atoms with Crippen molar-refractivity contribution in [2.24, 2.45) is 5.92 Å². The van der Waals surface area contributed by atoms with Crippen molar-refractivity contribution in [1.82, 2.24) is 20.9 Å². The van der Waals surface area contributed by atoms with Crippen LogP contribution in [0.2, 0.25) is 0 Å². The summed E-state index contributed by atoms with van der Waals surface area (Å²) in [5.74, 6) is 0.164. The topological polar surface area (TPSA) is 90.5 Å². The Morgan fingerprint density at radius 2 is 2.00 bits per heavy atom. The van der Waals surface area contributed by atoms with Gasteiger partial charge in [-0.05, 0) is 57.9 Å². The predicted molar refractivity (Wildman–Crippen MR) is 93.9 cm³/mol. The van der Waals surface area contributed by atoms with Crippen LogP contribution in [0.15, 0.2) is 0 Å². The van der Waals surface area contributed by atoms with Crippen molar-refractivity contribution >= 4 is 17.8 Å². The number of piperidine rings is 1. The Hall–Kier alpha value is -1.63. The molecule has 2 aliphatic heterocycles. The Kier molecular flexibility index (Phi) is 5.32. The third kappa shape index (κ3) is 3.81. The molecule has 1 spiro atoms. The van der Waals surface area contributed by atoms with E-state index in [1.165, 1.54) is 0 Å². The molecule has 2 heterocycles. The standard InChI is InChI=1S/C18H30N4O3/c1-3-13-4-7-18(8-5-13)16(24)22(17(25)21-18)11-15(23)20-14-6-9-19-12(2)10-14/h12-14,19H,3-11H2,1-2H3,(H,20,23)(H,21,25). The van der Waals surface area contributed by atoms with E-state index in [4.69, 9.17) is 0 Å². The van der Waals surface area contributed by atoms with Crippen LogP contribution in [0.5, 0.6) is 0 Å². The van der Waals surface area contributed by atoms with Crippen molar-refractivity contribution in [3.8, 4) is 0 Å². The number of hydrogen-bond acceptors (Lipinski definition) is 4. The van der Waals surface area contributed by atoms with Gasteiger partial charge in [0.15, 0.2) is 0 Å². The molecule has 0 aromatic carbocycles. The van der Waals surface area contributed by atoms with Crippen LogP contribution in [-0.4, -0.2) is 53.5 Å². The molecule has 3 rings (SSSR count). The molecule has 2 atom stereocenters. The Labute approximate surface area is 149 Å². The van der Waals surface area contributed by atoms with Crippen molar-refractivity contribution in [3.05, 3.63) is 0 Å². The Morgan fingerprint density at radius 1 is 1.28 bits per heavy atom. The Balaban J connectivity index is 1.56. The highest BCUT2D eigenvalue weighted by atomic mass is 16.2. The first kappa shape index (κ1) is 18.2. The number of hydrogen-bond donors (Lipinski definition) is 3. The summed E-state index contributed by atoms with van der Waals surface area (Å²) in [6.07, 6.45) is 6.12. The van der Waals surface area contributed by atoms with Crippen LogP contribution in [0.25, 0.3) is 0 Å². The van der Waals surface area contributed by atoms with E-state index in [9.17, 15) is 14.4 Å². The van der Waals surface area contributed by atoms with Gasteiger partial charge in [-0.3, -0.25) is 14.5 Å². The first-order chi connectivity index (χ1) is 11.9. The summed E-state index contributed by atoms with van der Waals surface area (Å²) in [5.41, 5.74) is -0.772. The normalized spacial score (nSPS) is 35.8. The second-order valence-corrected chi connectivity index (χ2v) is 7.90. The monoisotopic (exact) mass is 350 g/mol. The Bertz CT molecular complexity index is 542. The number of urea groups is 1. The van der Waals surface area contributed by atoms with Crippen LogP contribution in [0.4, 0.5) is 4.79 Å². The lowest BCUT2D eigenvalue weighted by atomic mass is 9.75. The molecule has 3 aliphatic rings. The largest absolute Gasteiger partial charge is 0.352 e. The average molecular weight is 350 g/mol. The van der Waals surface area contributed by atoms with E-state index in [2.05, 4.69) is 29.8 Å². The van der Waals surface area contributed by atoms with Crippen molar-refractivity contribution in [2.75, 3.05) is 13.1 Å². The summed E-state index contributed by atoms with van der Waals surface area (Å²) >= 11 is 0. The van der Waals surface area contributed by atoms with E-state index < -0.39 is 11.6 Å². The predicted octanol–water partition coefficient (Wildman–Crippen LogP) is 1.13. The van der Waals surface area contributed by atoms with Crippen molar-refractivity contribution in [3.63, 3.8) is 0 Å². The number of imide groups is 1. The molecule has 25 heavy (non-hydrogen) atoms. The maximum Gasteiger partial charge on any atom is 0.325 e. The lowest BCUT2D eigenvalue weighted by Gasteiger charge is -2.34. The zero-order valence-corrected chi connectivity index (χ0v) is 15.3. The van der Waals surface area contributed by atoms with Gasteiger partial charge in [-0.1, -0.05) is 13.3 Å². The molecular weight excluding hydrogens is 320 g/mol. The number of rotatable bonds is 4. The van der Waals surface area contributed by atoms with Gasteiger partial charge in [-0.15, -0.1) is 0 Å². The van der Waals surface area contributed by atoms with Crippen LogP contribution in [0, 0.1) is 5.92 Å². The van der Waals surface area contributed by atoms with Gasteiger partial charge in [-0.2, -0.15) is 0 Å². The van der Waals surface area contributed by atoms with Crippen molar-refractivity contribution in [1.29, 1.82) is 0 Å². The van der Waals surface area contributed by atoms with Crippen LogP contribution < -0.4 is 16.0 Å². The molecule has 3 N–H and O–H groups in total. The molecule has 2 unspecified atom stereocenters. The fourth-order valence-corrected chi connectivity index (χ4v) is 4.42. The van der Waals surface area contributed by atoms with E-state index in [1.807, 2.05) is 0 Å². The zero-order chi connectivity index (χ0) is 18.0. The first-order valence-corrected chi connectivity index (χ1v) is 9.60. The second kappa shape index (κ2) is 7.32. The molecule has 7 nitrogen and oxygen atoms in total.